The molecule has 2 aromatic carbocycles. The van der Waals surface area contributed by atoms with Crippen molar-refractivity contribution in [2.45, 2.75) is 13.5 Å². The van der Waals surface area contributed by atoms with Gasteiger partial charge in [-0.1, -0.05) is 59.8 Å². The number of hydrogen-bond donors (Lipinski definition) is 0. The van der Waals surface area contributed by atoms with Gasteiger partial charge < -0.3 is 9.40 Å². The fraction of sp³-hybridized carbons (Fsp3) is 0.125. The Morgan fingerprint density at radius 1 is 0.871 bits per heavy atom. The first-order valence-electron chi connectivity index (χ1n) is 9.74. The molecule has 0 fully saturated rings. The van der Waals surface area contributed by atoms with Gasteiger partial charge in [0.25, 0.3) is 0 Å². The Balaban J connectivity index is 1.97. The van der Waals surface area contributed by atoms with E-state index in [0.29, 0.717) is 5.82 Å². The van der Waals surface area contributed by atoms with Gasteiger partial charge in [0.05, 0.1) is 10.4 Å². The summed E-state index contributed by atoms with van der Waals surface area (Å²) in [5, 5.41) is 4.54. The smallest absolute Gasteiger partial charge is 0.216 e. The molecule has 3 aromatic rings. The summed E-state index contributed by atoms with van der Waals surface area (Å²) >= 11 is 0. The van der Waals surface area contributed by atoms with Crippen LogP contribution in [0.1, 0.15) is 11.4 Å². The molecule has 1 heterocycles. The average molecular weight is 411 g/mol. The molecular weight excluding hydrogens is 394 g/mol. The summed E-state index contributed by atoms with van der Waals surface area (Å²) in [7, 11) is 1.69. The average Bonchev–Trinajstić information content (AvgIpc) is 3.09. The van der Waals surface area contributed by atoms with Crippen LogP contribution in [0.2, 0.25) is 0 Å². The van der Waals surface area contributed by atoms with E-state index in [4.69, 9.17) is 4.84 Å². The summed E-state index contributed by atoms with van der Waals surface area (Å²) in [5.41, 5.74) is -0.0917. The molecule has 0 bridgehead atoms. The van der Waals surface area contributed by atoms with E-state index in [1.165, 1.54) is 0 Å². The van der Waals surface area contributed by atoms with Crippen LogP contribution in [0.15, 0.2) is 74.1 Å². The van der Waals surface area contributed by atoms with Gasteiger partial charge in [0.1, 0.15) is 28.8 Å². The summed E-state index contributed by atoms with van der Waals surface area (Å²) in [6.45, 7) is 1.91. The molecule has 0 saturated carbocycles. The second-order valence-electron chi connectivity index (χ2n) is 7.40. The molecule has 0 radical (unpaired) electrons. The third-order valence-electron chi connectivity index (χ3n) is 5.57. The minimum atomic E-state index is -0.525. The fourth-order valence-electron chi connectivity index (χ4n) is 3.92. The van der Waals surface area contributed by atoms with Gasteiger partial charge in [-0.05, 0) is 12.5 Å². The molecule has 5 rings (SSSR count). The Kier molecular flexibility index (Phi) is 4.25. The summed E-state index contributed by atoms with van der Waals surface area (Å²) in [6.07, 6.45) is 0. The lowest BCUT2D eigenvalue weighted by atomic mass is 10.0. The van der Waals surface area contributed by atoms with Gasteiger partial charge in [-0.25, -0.2) is 4.98 Å². The normalized spacial score (nSPS) is 12.3. The predicted molar refractivity (Wildman–Crippen MR) is 116 cm³/mol. The Hall–Kier alpha value is -4.13. The summed E-state index contributed by atoms with van der Waals surface area (Å²) in [6, 6.07) is 15.9. The number of fused-ring (bicyclic) bond motifs is 2. The molecule has 1 aromatic heterocycles. The van der Waals surface area contributed by atoms with Crippen molar-refractivity contribution in [1.82, 2.24) is 9.55 Å². The first-order valence-corrected chi connectivity index (χ1v) is 9.74. The highest BCUT2D eigenvalue weighted by Crippen LogP contribution is 2.10. The first-order chi connectivity index (χ1) is 15.0. The quantitative estimate of drug-likeness (QED) is 0.422. The van der Waals surface area contributed by atoms with E-state index in [0.717, 1.165) is 5.56 Å². The van der Waals surface area contributed by atoms with Crippen molar-refractivity contribution in [3.8, 4) is 0 Å². The predicted octanol–water partition coefficient (Wildman–Crippen LogP) is 1.75. The summed E-state index contributed by atoms with van der Waals surface area (Å²) in [4.78, 5) is 49.9. The van der Waals surface area contributed by atoms with E-state index < -0.39 is 16.3 Å². The van der Waals surface area contributed by atoms with E-state index >= 15 is 0 Å². The van der Waals surface area contributed by atoms with Crippen LogP contribution in [0.25, 0.3) is 21.8 Å². The van der Waals surface area contributed by atoms with Gasteiger partial charge in [-0.2, -0.15) is 0 Å². The van der Waals surface area contributed by atoms with Crippen LogP contribution in [-0.4, -0.2) is 9.55 Å². The van der Waals surface area contributed by atoms with Crippen LogP contribution in [0.4, 0.5) is 0 Å². The SMILES string of the molecule is Cc1nc2/c(=N\OCc3ccccc3)c3c(=O)c4ccccc4c(=O)c=3c(=O)c2n1C. The summed E-state index contributed by atoms with van der Waals surface area (Å²) < 4.78 is 1.60. The minimum absolute atomic E-state index is 0.0487. The minimum Gasteiger partial charge on any atom is -0.390 e. The highest BCUT2D eigenvalue weighted by atomic mass is 16.6. The van der Waals surface area contributed by atoms with Crippen LogP contribution in [0.5, 0.6) is 0 Å². The zero-order valence-corrected chi connectivity index (χ0v) is 16.9. The molecule has 7 heteroatoms. The third-order valence-corrected chi connectivity index (χ3v) is 5.57. The monoisotopic (exact) mass is 411 g/mol. The number of hydrogen-bond acceptors (Lipinski definition) is 6. The van der Waals surface area contributed by atoms with Crippen molar-refractivity contribution in [2.24, 2.45) is 12.2 Å². The molecule has 0 aliphatic heterocycles. The van der Waals surface area contributed by atoms with Crippen LogP contribution < -0.4 is 21.6 Å². The number of aromatic nitrogens is 2. The van der Waals surface area contributed by atoms with Crippen molar-refractivity contribution in [1.29, 1.82) is 0 Å². The van der Waals surface area contributed by atoms with Gasteiger partial charge in [-0.15, -0.1) is 0 Å². The molecule has 0 atom stereocenters. The first kappa shape index (κ1) is 18.9. The number of imidazole rings is 1. The van der Waals surface area contributed by atoms with Crippen LogP contribution in [-0.2, 0) is 18.5 Å². The lowest BCUT2D eigenvalue weighted by molar-refractivity contribution is 0.120. The Bertz CT molecular complexity index is 1760. The van der Waals surface area contributed by atoms with Gasteiger partial charge >= 0.3 is 0 Å². The van der Waals surface area contributed by atoms with E-state index in [-0.39, 0.29) is 44.2 Å². The third kappa shape index (κ3) is 2.78. The molecule has 0 saturated heterocycles. The molecule has 0 N–H and O–H groups in total. The van der Waals surface area contributed by atoms with Crippen LogP contribution in [0.3, 0.4) is 0 Å². The topological polar surface area (TPSA) is 90.6 Å². The second kappa shape index (κ2) is 6.98. The van der Waals surface area contributed by atoms with Crippen molar-refractivity contribution in [3.63, 3.8) is 0 Å². The molecule has 2 aliphatic carbocycles. The Morgan fingerprint density at radius 3 is 2.16 bits per heavy atom. The van der Waals surface area contributed by atoms with Crippen molar-refractivity contribution >= 4 is 21.8 Å². The molecule has 0 amide bonds. The largest absolute Gasteiger partial charge is 0.390 e. The number of rotatable bonds is 3. The number of nitrogens with zero attached hydrogens (tertiary/aromatic N) is 3. The molecule has 7 nitrogen and oxygen atoms in total. The highest BCUT2D eigenvalue weighted by molar-refractivity contribution is 5.84. The van der Waals surface area contributed by atoms with Crippen LogP contribution in [0, 0.1) is 17.4 Å². The standard InChI is InChI=1S/C24H17N3O4/c1-13-25-20-19(26-31-12-14-8-4-3-5-9-14)17-18(24(30)21(20)27(13)2)23(29)16-11-7-6-10-15(16)22(17)28/h3-11H,12H2,1-2H3/b26-19-. The molecule has 0 unspecified atom stereocenters. The van der Waals surface area contributed by atoms with Gasteiger partial charge in [0.15, 0.2) is 10.9 Å². The number of benzene rings is 2. The Labute approximate surface area is 174 Å². The second-order valence-corrected chi connectivity index (χ2v) is 7.40. The maximum atomic E-state index is 13.4. The molecule has 31 heavy (non-hydrogen) atoms. The zero-order valence-electron chi connectivity index (χ0n) is 16.9. The lowest BCUT2D eigenvalue weighted by Gasteiger charge is -2.02. The van der Waals surface area contributed by atoms with Crippen molar-refractivity contribution in [3.05, 3.63) is 112 Å². The lowest BCUT2D eigenvalue weighted by Crippen LogP contribution is -2.30. The van der Waals surface area contributed by atoms with Crippen LogP contribution >= 0.6 is 0 Å². The zero-order chi connectivity index (χ0) is 21.7. The van der Waals surface area contributed by atoms with Gasteiger partial charge in [0, 0.05) is 17.8 Å². The van der Waals surface area contributed by atoms with Crippen molar-refractivity contribution < 1.29 is 4.84 Å². The highest BCUT2D eigenvalue weighted by Gasteiger charge is 2.19. The molecule has 152 valence electrons. The maximum absolute atomic E-state index is 13.4. The van der Waals surface area contributed by atoms with Crippen molar-refractivity contribution in [2.75, 3.05) is 0 Å². The fourth-order valence-corrected chi connectivity index (χ4v) is 3.92. The van der Waals surface area contributed by atoms with E-state index in [2.05, 4.69) is 10.1 Å². The van der Waals surface area contributed by atoms with E-state index in [1.807, 2.05) is 30.3 Å². The molecular formula is C24H17N3O4. The summed E-state index contributed by atoms with van der Waals surface area (Å²) in [5.74, 6) is 0.561. The van der Waals surface area contributed by atoms with E-state index in [1.54, 1.807) is 42.8 Å². The molecule has 0 spiro atoms. The Morgan fingerprint density at radius 2 is 1.48 bits per heavy atom. The maximum Gasteiger partial charge on any atom is 0.216 e. The number of aryl methyl sites for hydroxylation is 2. The van der Waals surface area contributed by atoms with Gasteiger partial charge in [-0.3, -0.25) is 14.4 Å². The van der Waals surface area contributed by atoms with E-state index in [9.17, 15) is 14.4 Å². The van der Waals surface area contributed by atoms with Gasteiger partial charge in [0.2, 0.25) is 5.43 Å². The molecule has 2 aliphatic rings.